The summed E-state index contributed by atoms with van der Waals surface area (Å²) in [4.78, 5) is 41.0. The molecule has 0 radical (unpaired) electrons. The zero-order chi connectivity index (χ0) is 14.7. The van der Waals surface area contributed by atoms with E-state index in [1.54, 1.807) is 0 Å². The Labute approximate surface area is 124 Å². The predicted molar refractivity (Wildman–Crippen MR) is 72.3 cm³/mol. The highest BCUT2D eigenvalue weighted by atomic mass is 32.1. The van der Waals surface area contributed by atoms with E-state index >= 15 is 0 Å². The molecule has 4 atom stereocenters. The van der Waals surface area contributed by atoms with Gasteiger partial charge in [-0.1, -0.05) is 12.2 Å². The van der Waals surface area contributed by atoms with Crippen LogP contribution in [0.25, 0.3) is 0 Å². The fraction of sp³-hybridized carbons (Fsp3) is 0.429. The molecule has 1 aliphatic heterocycles. The second kappa shape index (κ2) is 4.24. The van der Waals surface area contributed by atoms with Crippen molar-refractivity contribution in [2.24, 2.45) is 23.7 Å². The van der Waals surface area contributed by atoms with Crippen molar-refractivity contribution in [1.82, 2.24) is 9.88 Å². The Bertz CT molecular complexity index is 665. The fourth-order valence-electron chi connectivity index (χ4n) is 3.74. The summed E-state index contributed by atoms with van der Waals surface area (Å²) in [6.45, 7) is 0.0854. The van der Waals surface area contributed by atoms with Crippen molar-refractivity contribution in [3.05, 3.63) is 28.2 Å². The molecule has 2 bridgehead atoms. The molecule has 4 rings (SSSR count). The van der Waals surface area contributed by atoms with E-state index in [4.69, 9.17) is 5.11 Å². The average Bonchev–Trinajstić information content (AvgIpc) is 3.19. The van der Waals surface area contributed by atoms with Crippen molar-refractivity contribution >= 4 is 29.1 Å². The number of rotatable bonds is 3. The lowest BCUT2D eigenvalue weighted by atomic mass is 9.85. The number of carboxylic acids is 1. The van der Waals surface area contributed by atoms with Crippen LogP contribution in [0.5, 0.6) is 0 Å². The maximum absolute atomic E-state index is 12.5. The SMILES string of the molecule is O=C(O)c1csc(CN2C(=O)C3C4C=CC(C4)C3C2=O)n1. The number of amides is 2. The van der Waals surface area contributed by atoms with Gasteiger partial charge in [0, 0.05) is 5.38 Å². The lowest BCUT2D eigenvalue weighted by Gasteiger charge is -2.15. The van der Waals surface area contributed by atoms with Gasteiger partial charge in [0.25, 0.3) is 0 Å². The maximum atomic E-state index is 12.5. The van der Waals surface area contributed by atoms with Gasteiger partial charge >= 0.3 is 5.97 Å². The molecule has 108 valence electrons. The summed E-state index contributed by atoms with van der Waals surface area (Å²) in [6.07, 6.45) is 5.00. The molecule has 21 heavy (non-hydrogen) atoms. The van der Waals surface area contributed by atoms with E-state index in [-0.39, 0.29) is 47.7 Å². The molecule has 1 aromatic heterocycles. The summed E-state index contributed by atoms with van der Waals surface area (Å²) in [5, 5.41) is 10.8. The highest BCUT2D eigenvalue weighted by Crippen LogP contribution is 2.52. The molecule has 2 heterocycles. The number of nitrogens with zero attached hydrogens (tertiary/aromatic N) is 2. The van der Waals surface area contributed by atoms with E-state index in [9.17, 15) is 14.4 Å². The van der Waals surface area contributed by atoms with Crippen LogP contribution < -0.4 is 0 Å². The number of carbonyl (C=O) groups is 3. The molecule has 0 aromatic carbocycles. The van der Waals surface area contributed by atoms with Crippen LogP contribution in [0.4, 0.5) is 0 Å². The van der Waals surface area contributed by atoms with Gasteiger partial charge in [-0.15, -0.1) is 11.3 Å². The Kier molecular flexibility index (Phi) is 2.56. The van der Waals surface area contributed by atoms with Crippen LogP contribution in [-0.4, -0.2) is 32.8 Å². The van der Waals surface area contributed by atoms with Crippen molar-refractivity contribution in [3.8, 4) is 0 Å². The lowest BCUT2D eigenvalue weighted by molar-refractivity contribution is -0.141. The molecule has 6 nitrogen and oxygen atoms in total. The first-order valence-corrected chi connectivity index (χ1v) is 7.65. The largest absolute Gasteiger partial charge is 0.476 e. The first kappa shape index (κ1) is 12.7. The Morgan fingerprint density at radius 1 is 1.29 bits per heavy atom. The van der Waals surface area contributed by atoms with Crippen LogP contribution in [0, 0.1) is 23.7 Å². The van der Waals surface area contributed by atoms with Gasteiger partial charge in [0.05, 0.1) is 18.4 Å². The maximum Gasteiger partial charge on any atom is 0.355 e. The second-order valence-electron chi connectivity index (χ2n) is 5.69. The van der Waals surface area contributed by atoms with Gasteiger partial charge in [0.1, 0.15) is 5.01 Å². The summed E-state index contributed by atoms with van der Waals surface area (Å²) in [5.41, 5.74) is -0.0453. The summed E-state index contributed by atoms with van der Waals surface area (Å²) in [6, 6.07) is 0. The molecule has 2 fully saturated rings. The van der Waals surface area contributed by atoms with E-state index in [1.807, 2.05) is 12.2 Å². The van der Waals surface area contributed by atoms with Crippen LogP contribution >= 0.6 is 11.3 Å². The summed E-state index contributed by atoms with van der Waals surface area (Å²) >= 11 is 1.16. The molecular formula is C14H12N2O4S. The molecule has 3 aliphatic rings. The third-order valence-corrected chi connectivity index (χ3v) is 5.46. The van der Waals surface area contributed by atoms with E-state index in [1.165, 1.54) is 10.3 Å². The van der Waals surface area contributed by atoms with Gasteiger partial charge in [-0.3, -0.25) is 14.5 Å². The van der Waals surface area contributed by atoms with Crippen LogP contribution in [0.1, 0.15) is 21.9 Å². The minimum absolute atomic E-state index is 0.0453. The van der Waals surface area contributed by atoms with Gasteiger partial charge in [-0.05, 0) is 18.3 Å². The Hall–Kier alpha value is -2.02. The van der Waals surface area contributed by atoms with Crippen LogP contribution in [0.15, 0.2) is 17.5 Å². The molecule has 1 saturated heterocycles. The topological polar surface area (TPSA) is 87.6 Å². The van der Waals surface area contributed by atoms with E-state index in [2.05, 4.69) is 4.98 Å². The van der Waals surface area contributed by atoms with Crippen molar-refractivity contribution in [2.75, 3.05) is 0 Å². The number of thiazole rings is 1. The number of hydrogen-bond acceptors (Lipinski definition) is 5. The number of fused-ring (bicyclic) bond motifs is 5. The molecule has 4 unspecified atom stereocenters. The van der Waals surface area contributed by atoms with Gasteiger partial charge < -0.3 is 5.11 Å². The first-order chi connectivity index (χ1) is 10.1. The van der Waals surface area contributed by atoms with Crippen molar-refractivity contribution in [3.63, 3.8) is 0 Å². The van der Waals surface area contributed by atoms with Crippen molar-refractivity contribution in [1.29, 1.82) is 0 Å². The van der Waals surface area contributed by atoms with Crippen LogP contribution in [0.2, 0.25) is 0 Å². The van der Waals surface area contributed by atoms with Gasteiger partial charge in [-0.2, -0.15) is 0 Å². The lowest BCUT2D eigenvalue weighted by Crippen LogP contribution is -2.32. The Balaban J connectivity index is 1.58. The summed E-state index contributed by atoms with van der Waals surface area (Å²) in [7, 11) is 0. The molecule has 2 amide bonds. The number of carboxylic acid groups (broad SMARTS) is 1. The number of carbonyl (C=O) groups excluding carboxylic acids is 2. The molecule has 1 aromatic rings. The third-order valence-electron chi connectivity index (χ3n) is 4.63. The van der Waals surface area contributed by atoms with Crippen LogP contribution in [0.3, 0.4) is 0 Å². The number of hydrogen-bond donors (Lipinski definition) is 1. The van der Waals surface area contributed by atoms with Crippen molar-refractivity contribution < 1.29 is 19.5 Å². The molecule has 7 heteroatoms. The van der Waals surface area contributed by atoms with E-state index < -0.39 is 5.97 Å². The number of aromatic nitrogens is 1. The third kappa shape index (κ3) is 1.70. The van der Waals surface area contributed by atoms with Gasteiger partial charge in [0.15, 0.2) is 5.69 Å². The quantitative estimate of drug-likeness (QED) is 0.668. The van der Waals surface area contributed by atoms with Crippen LogP contribution in [-0.2, 0) is 16.1 Å². The van der Waals surface area contributed by atoms with E-state index in [0.29, 0.717) is 5.01 Å². The normalized spacial score (nSPS) is 33.0. The number of aromatic carboxylic acids is 1. The zero-order valence-electron chi connectivity index (χ0n) is 10.9. The van der Waals surface area contributed by atoms with Crippen molar-refractivity contribution in [2.45, 2.75) is 13.0 Å². The molecular weight excluding hydrogens is 292 g/mol. The first-order valence-electron chi connectivity index (χ1n) is 6.77. The molecule has 1 saturated carbocycles. The van der Waals surface area contributed by atoms with Gasteiger partial charge in [0.2, 0.25) is 11.8 Å². The Morgan fingerprint density at radius 2 is 1.90 bits per heavy atom. The monoisotopic (exact) mass is 304 g/mol. The summed E-state index contributed by atoms with van der Waals surface area (Å²) < 4.78 is 0. The Morgan fingerprint density at radius 3 is 2.43 bits per heavy atom. The smallest absolute Gasteiger partial charge is 0.355 e. The molecule has 2 aliphatic carbocycles. The number of allylic oxidation sites excluding steroid dienone is 2. The van der Waals surface area contributed by atoms with Gasteiger partial charge in [-0.25, -0.2) is 9.78 Å². The zero-order valence-corrected chi connectivity index (χ0v) is 11.7. The highest BCUT2D eigenvalue weighted by molar-refractivity contribution is 7.09. The number of likely N-dealkylation sites (tertiary alicyclic amines) is 1. The van der Waals surface area contributed by atoms with E-state index in [0.717, 1.165) is 17.8 Å². The highest BCUT2D eigenvalue weighted by Gasteiger charge is 2.59. The fourth-order valence-corrected chi connectivity index (χ4v) is 4.49. The predicted octanol–water partition coefficient (Wildman–Crippen LogP) is 1.15. The molecule has 1 N–H and O–H groups in total. The minimum atomic E-state index is -1.10. The summed E-state index contributed by atoms with van der Waals surface area (Å²) in [5.74, 6) is -1.42. The number of imide groups is 1. The standard InChI is InChI=1S/C14H12N2O4S/c17-12-10-6-1-2-7(3-6)11(10)13(18)16(12)4-9-15-8(5-21-9)14(19)20/h1-2,5-7,10-11H,3-4H2,(H,19,20). The minimum Gasteiger partial charge on any atom is -0.476 e. The second-order valence-corrected chi connectivity index (χ2v) is 6.64. The average molecular weight is 304 g/mol. The molecule has 0 spiro atoms.